The summed E-state index contributed by atoms with van der Waals surface area (Å²) in [5.74, 6) is 0.384. The van der Waals surface area contributed by atoms with E-state index >= 15 is 0 Å². The van der Waals surface area contributed by atoms with Crippen molar-refractivity contribution in [3.05, 3.63) is 78.0 Å². The number of benzene rings is 2. The van der Waals surface area contributed by atoms with E-state index in [0.29, 0.717) is 18.0 Å². The van der Waals surface area contributed by atoms with Gasteiger partial charge in [0.1, 0.15) is 24.7 Å². The number of aliphatic hydroxyl groups is 1. The molecule has 0 saturated carbocycles. The lowest BCUT2D eigenvalue weighted by Crippen LogP contribution is -2.16. The highest BCUT2D eigenvalue weighted by Crippen LogP contribution is 2.18. The van der Waals surface area contributed by atoms with Gasteiger partial charge in [0.15, 0.2) is 5.69 Å². The zero-order valence-electron chi connectivity index (χ0n) is 14.0. The lowest BCUT2D eigenvalue weighted by atomic mass is 10.2. The van der Waals surface area contributed by atoms with Crippen LogP contribution in [0.2, 0.25) is 0 Å². The van der Waals surface area contributed by atoms with E-state index in [1.54, 1.807) is 24.3 Å². The predicted octanol–water partition coefficient (Wildman–Crippen LogP) is 2.50. The van der Waals surface area contributed by atoms with Gasteiger partial charge in [-0.1, -0.05) is 30.3 Å². The Hall–Kier alpha value is -3.16. The fourth-order valence-corrected chi connectivity index (χ4v) is 2.21. The van der Waals surface area contributed by atoms with Gasteiger partial charge < -0.3 is 25.3 Å². The fraction of sp³-hybridized carbons (Fsp3) is 0.158. The summed E-state index contributed by atoms with van der Waals surface area (Å²) in [6, 6.07) is 16.1. The van der Waals surface area contributed by atoms with Gasteiger partial charge >= 0.3 is 0 Å². The normalized spacial score (nSPS) is 11.8. The van der Waals surface area contributed by atoms with Gasteiger partial charge in [-0.25, -0.2) is 4.98 Å². The number of anilines is 1. The van der Waals surface area contributed by atoms with Gasteiger partial charge in [-0.15, -0.1) is 0 Å². The van der Waals surface area contributed by atoms with Crippen molar-refractivity contribution >= 4 is 11.6 Å². The van der Waals surface area contributed by atoms with E-state index in [-0.39, 0.29) is 18.2 Å². The van der Waals surface area contributed by atoms with Gasteiger partial charge in [-0.3, -0.25) is 4.79 Å². The number of rotatable bonds is 7. The van der Waals surface area contributed by atoms with Gasteiger partial charge in [0, 0.05) is 5.69 Å². The average molecular weight is 353 g/mol. The van der Waals surface area contributed by atoms with Gasteiger partial charge in [-0.2, -0.15) is 0 Å². The fourth-order valence-electron chi connectivity index (χ4n) is 2.21. The number of aliphatic hydroxyl groups excluding tert-OH is 1. The summed E-state index contributed by atoms with van der Waals surface area (Å²) in [6.45, 7) is 0.158. The second-order valence-corrected chi connectivity index (χ2v) is 5.61. The first-order valence-electron chi connectivity index (χ1n) is 8.05. The number of nitrogens with one attached hydrogen (secondary N) is 1. The van der Waals surface area contributed by atoms with Crippen LogP contribution < -0.4 is 15.8 Å². The lowest BCUT2D eigenvalue weighted by molar-refractivity contribution is 0.102. The van der Waals surface area contributed by atoms with Crippen LogP contribution in [0.3, 0.4) is 0 Å². The third-order valence-corrected chi connectivity index (χ3v) is 3.63. The van der Waals surface area contributed by atoms with E-state index in [2.05, 4.69) is 10.3 Å². The number of nitrogens with two attached hydrogens (primary N) is 1. The second kappa shape index (κ2) is 8.28. The Morgan fingerprint density at radius 3 is 2.62 bits per heavy atom. The zero-order valence-corrected chi connectivity index (χ0v) is 14.0. The largest absolute Gasteiger partial charge is 0.489 e. The molecule has 0 radical (unpaired) electrons. The molecule has 0 bridgehead atoms. The molecule has 0 fully saturated rings. The van der Waals surface area contributed by atoms with Crippen LogP contribution in [0, 0.1) is 0 Å². The topological polar surface area (TPSA) is 111 Å². The summed E-state index contributed by atoms with van der Waals surface area (Å²) in [4.78, 5) is 16.1. The predicted molar refractivity (Wildman–Crippen MR) is 95.7 cm³/mol. The molecular formula is C19H19N3O4. The van der Waals surface area contributed by atoms with Crippen molar-refractivity contribution in [1.29, 1.82) is 0 Å². The first-order chi connectivity index (χ1) is 12.7. The average Bonchev–Trinajstić information content (AvgIpc) is 3.18. The lowest BCUT2D eigenvalue weighted by Gasteiger charge is -2.08. The number of carbonyl (C=O) groups excluding carboxylic acids is 1. The van der Waals surface area contributed by atoms with Crippen LogP contribution in [-0.2, 0) is 6.61 Å². The Balaban J connectivity index is 1.56. The Kier molecular flexibility index (Phi) is 5.62. The van der Waals surface area contributed by atoms with Crippen molar-refractivity contribution in [3.63, 3.8) is 0 Å². The zero-order chi connectivity index (χ0) is 18.4. The van der Waals surface area contributed by atoms with Crippen molar-refractivity contribution in [2.75, 3.05) is 11.9 Å². The van der Waals surface area contributed by atoms with Gasteiger partial charge in [-0.05, 0) is 29.8 Å². The molecule has 0 spiro atoms. The molecule has 0 aliphatic carbocycles. The smallest absolute Gasteiger partial charge is 0.277 e. The Bertz CT molecular complexity index is 847. The molecule has 1 atom stereocenters. The minimum atomic E-state index is -0.752. The van der Waals surface area contributed by atoms with E-state index in [4.69, 9.17) is 20.0 Å². The number of hydrogen-bond acceptors (Lipinski definition) is 6. The number of ether oxygens (including phenoxy) is 1. The van der Waals surface area contributed by atoms with Crippen LogP contribution in [0.25, 0.3) is 0 Å². The van der Waals surface area contributed by atoms with E-state index < -0.39 is 11.9 Å². The van der Waals surface area contributed by atoms with Crippen LogP contribution in [0.15, 0.2) is 65.3 Å². The van der Waals surface area contributed by atoms with E-state index in [0.717, 1.165) is 5.56 Å². The maximum atomic E-state index is 12.2. The van der Waals surface area contributed by atoms with Crippen molar-refractivity contribution in [3.8, 4) is 5.75 Å². The van der Waals surface area contributed by atoms with Gasteiger partial charge in [0.25, 0.3) is 5.91 Å². The summed E-state index contributed by atoms with van der Waals surface area (Å²) in [5, 5.41) is 11.7. The third kappa shape index (κ3) is 4.47. The molecule has 1 heterocycles. The summed E-state index contributed by atoms with van der Waals surface area (Å²) < 4.78 is 10.8. The molecule has 7 nitrogen and oxygen atoms in total. The number of nitrogens with zero attached hydrogens (tertiary/aromatic N) is 1. The van der Waals surface area contributed by atoms with Crippen LogP contribution in [0.4, 0.5) is 5.69 Å². The molecule has 3 rings (SSSR count). The Labute approximate surface area is 150 Å². The standard InChI is InChI=1S/C19H19N3O4/c20-16(10-23)19-22-17(12-26-19)18(24)21-14-6-8-15(9-7-14)25-11-13-4-2-1-3-5-13/h1-9,12,16,23H,10-11,20H2,(H,21,24). The highest BCUT2D eigenvalue weighted by molar-refractivity contribution is 6.02. The van der Waals surface area contributed by atoms with Crippen LogP contribution in [-0.4, -0.2) is 22.6 Å². The maximum Gasteiger partial charge on any atom is 0.277 e. The number of oxazole rings is 1. The van der Waals surface area contributed by atoms with Crippen molar-refractivity contribution in [1.82, 2.24) is 4.98 Å². The summed E-state index contributed by atoms with van der Waals surface area (Å²) >= 11 is 0. The number of hydrogen-bond donors (Lipinski definition) is 3. The summed E-state index contributed by atoms with van der Waals surface area (Å²) in [5.41, 5.74) is 7.36. The van der Waals surface area contributed by atoms with E-state index in [1.807, 2.05) is 30.3 Å². The molecule has 1 aromatic heterocycles. The monoisotopic (exact) mass is 353 g/mol. The van der Waals surface area contributed by atoms with Gasteiger partial charge in [0.2, 0.25) is 5.89 Å². The number of amides is 1. The number of carbonyl (C=O) groups is 1. The molecule has 2 aromatic carbocycles. The van der Waals surface area contributed by atoms with Crippen LogP contribution in [0.5, 0.6) is 5.75 Å². The number of aromatic nitrogens is 1. The van der Waals surface area contributed by atoms with E-state index in [1.165, 1.54) is 6.26 Å². The summed E-state index contributed by atoms with van der Waals surface area (Å²) in [6.07, 6.45) is 1.21. The molecule has 134 valence electrons. The molecular weight excluding hydrogens is 334 g/mol. The van der Waals surface area contributed by atoms with Crippen molar-refractivity contribution in [2.45, 2.75) is 12.6 Å². The molecule has 26 heavy (non-hydrogen) atoms. The molecule has 4 N–H and O–H groups in total. The first kappa shape index (κ1) is 17.7. The molecule has 0 aliphatic heterocycles. The Morgan fingerprint density at radius 2 is 1.92 bits per heavy atom. The molecule has 1 unspecified atom stereocenters. The second-order valence-electron chi connectivity index (χ2n) is 5.61. The van der Waals surface area contributed by atoms with Gasteiger partial charge in [0.05, 0.1) is 6.61 Å². The minimum Gasteiger partial charge on any atom is -0.489 e. The molecule has 7 heteroatoms. The SMILES string of the molecule is NC(CO)c1nc(C(=O)Nc2ccc(OCc3ccccc3)cc2)co1. The molecule has 0 aliphatic rings. The third-order valence-electron chi connectivity index (χ3n) is 3.63. The summed E-state index contributed by atoms with van der Waals surface area (Å²) in [7, 11) is 0. The molecule has 1 amide bonds. The van der Waals surface area contributed by atoms with Crippen LogP contribution in [0.1, 0.15) is 28.0 Å². The molecule has 0 saturated heterocycles. The minimum absolute atomic E-state index is 0.0910. The maximum absolute atomic E-state index is 12.2. The first-order valence-corrected chi connectivity index (χ1v) is 8.05. The van der Waals surface area contributed by atoms with Crippen molar-refractivity contribution < 1.29 is 19.1 Å². The Morgan fingerprint density at radius 1 is 1.19 bits per heavy atom. The highest BCUT2D eigenvalue weighted by Gasteiger charge is 2.16. The molecule has 3 aromatic rings. The highest BCUT2D eigenvalue weighted by atomic mass is 16.5. The quantitative estimate of drug-likeness (QED) is 0.602. The van der Waals surface area contributed by atoms with Crippen LogP contribution >= 0.6 is 0 Å². The van der Waals surface area contributed by atoms with Crippen molar-refractivity contribution in [2.24, 2.45) is 5.73 Å². The van der Waals surface area contributed by atoms with E-state index in [9.17, 15) is 4.79 Å².